The Bertz CT molecular complexity index is 1310. The van der Waals surface area contributed by atoms with Crippen molar-refractivity contribution in [1.29, 1.82) is 0 Å². The maximum Gasteiger partial charge on any atom is 0.336 e. The number of rotatable bonds is 9. The smallest absolute Gasteiger partial charge is 0.336 e. The summed E-state index contributed by atoms with van der Waals surface area (Å²) in [5, 5.41) is 7.09. The number of nitrogens with one attached hydrogen (secondary N) is 2. The highest BCUT2D eigenvalue weighted by atomic mass is 35.5. The largest absolute Gasteiger partial charge is 0.485 e. The Kier molecular flexibility index (Phi) is 9.64. The Morgan fingerprint density at radius 3 is 2.53 bits per heavy atom. The molecule has 3 aromatic rings. The van der Waals surface area contributed by atoms with Crippen LogP contribution in [-0.2, 0) is 6.54 Å². The quantitative estimate of drug-likeness (QED) is 0.341. The van der Waals surface area contributed by atoms with Crippen LogP contribution in [0.25, 0.3) is 11.1 Å². The fraction of sp³-hybridized carbons (Fsp3) is 0.304. The van der Waals surface area contributed by atoms with Crippen LogP contribution in [0.3, 0.4) is 0 Å². The molecule has 0 saturated heterocycles. The number of hydrogen-bond donors (Lipinski definition) is 2. The fourth-order valence-corrected chi connectivity index (χ4v) is 3.64. The van der Waals surface area contributed by atoms with Crippen LogP contribution in [0.5, 0.6) is 11.6 Å². The molecule has 1 aromatic carbocycles. The molecule has 2 N–H and O–H groups in total. The molecule has 0 atom stereocenters. The van der Waals surface area contributed by atoms with Gasteiger partial charge in [0, 0.05) is 28.4 Å². The minimum atomic E-state index is -2.76. The van der Waals surface area contributed by atoms with Crippen molar-refractivity contribution in [1.82, 2.24) is 25.9 Å². The second-order valence-corrected chi connectivity index (χ2v) is 8.76. The van der Waals surface area contributed by atoms with E-state index in [9.17, 15) is 22.8 Å². The molecule has 0 aliphatic rings. The molecular weight excluding hydrogens is 554 g/mol. The van der Waals surface area contributed by atoms with Crippen LogP contribution >= 0.6 is 23.2 Å². The third-order valence-electron chi connectivity index (χ3n) is 4.88. The van der Waals surface area contributed by atoms with Gasteiger partial charge < -0.3 is 19.3 Å². The predicted molar refractivity (Wildman–Crippen MR) is 131 cm³/mol. The monoisotopic (exact) mass is 575 g/mol. The molecule has 0 aliphatic heterocycles. The number of carbonyl (C=O) groups is 2. The summed E-state index contributed by atoms with van der Waals surface area (Å²) < 4.78 is 55.1. The molecule has 0 bridgehead atoms. The van der Waals surface area contributed by atoms with Crippen LogP contribution < -0.4 is 20.2 Å². The van der Waals surface area contributed by atoms with E-state index in [0.717, 1.165) is 11.1 Å². The lowest BCUT2D eigenvalue weighted by Crippen LogP contribution is -2.53. The molecule has 3 rings (SSSR count). The van der Waals surface area contributed by atoms with Gasteiger partial charge in [-0.3, -0.25) is 15.2 Å². The fourth-order valence-electron chi connectivity index (χ4n) is 3.10. The molecule has 0 spiro atoms. The van der Waals surface area contributed by atoms with Gasteiger partial charge in [-0.25, -0.2) is 23.0 Å². The minimum Gasteiger partial charge on any atom is -0.485 e. The van der Waals surface area contributed by atoms with Gasteiger partial charge in [0.05, 0.1) is 30.4 Å². The zero-order valence-corrected chi connectivity index (χ0v) is 21.7. The Labute approximate surface area is 224 Å². The van der Waals surface area contributed by atoms with E-state index in [-0.39, 0.29) is 50.8 Å². The SMILES string of the molecule is COc1cc(C(=O)NN(C(=O)NCc2ncc(-c3cc(Cl)cc(Cl)c3OCC(F)F)cc2F)C(C)C)on1. The van der Waals surface area contributed by atoms with E-state index in [1.165, 1.54) is 31.5 Å². The highest BCUT2D eigenvalue weighted by Crippen LogP contribution is 2.39. The Hall–Kier alpha value is -3.71. The number of pyridine rings is 1. The summed E-state index contributed by atoms with van der Waals surface area (Å²) in [6.07, 6.45) is -1.51. The molecule has 0 aliphatic carbocycles. The van der Waals surface area contributed by atoms with Crippen molar-refractivity contribution < 1.29 is 36.8 Å². The molecule has 0 unspecified atom stereocenters. The number of hydrogen-bond acceptors (Lipinski definition) is 7. The van der Waals surface area contributed by atoms with Gasteiger partial charge in [0.2, 0.25) is 5.76 Å². The molecule has 2 heterocycles. The lowest BCUT2D eigenvalue weighted by Gasteiger charge is -2.26. The van der Waals surface area contributed by atoms with Crippen molar-refractivity contribution >= 4 is 35.1 Å². The Morgan fingerprint density at radius 2 is 1.92 bits per heavy atom. The van der Waals surface area contributed by atoms with Crippen LogP contribution in [0.4, 0.5) is 18.0 Å². The number of methoxy groups -OCH3 is 1. The predicted octanol–water partition coefficient (Wildman–Crippen LogP) is 5.10. The molecule has 10 nitrogen and oxygen atoms in total. The minimum absolute atomic E-state index is 0.0375. The van der Waals surface area contributed by atoms with Crippen molar-refractivity contribution in [3.63, 3.8) is 0 Å². The third-order valence-corrected chi connectivity index (χ3v) is 5.38. The summed E-state index contributed by atoms with van der Waals surface area (Å²) in [4.78, 5) is 29.1. The number of carbonyl (C=O) groups excluding carboxylic acids is 2. The first-order valence-electron chi connectivity index (χ1n) is 10.9. The molecule has 2 aromatic heterocycles. The van der Waals surface area contributed by atoms with E-state index < -0.39 is 36.8 Å². The van der Waals surface area contributed by atoms with Crippen LogP contribution in [0, 0.1) is 5.82 Å². The first-order valence-corrected chi connectivity index (χ1v) is 11.7. The van der Waals surface area contributed by atoms with Gasteiger partial charge in [0.1, 0.15) is 18.2 Å². The van der Waals surface area contributed by atoms with Gasteiger partial charge >= 0.3 is 11.9 Å². The molecular formula is C23H22Cl2F3N5O5. The van der Waals surface area contributed by atoms with E-state index in [1.54, 1.807) is 13.8 Å². The van der Waals surface area contributed by atoms with Crippen LogP contribution in [0.15, 0.2) is 35.0 Å². The summed E-state index contributed by atoms with van der Waals surface area (Å²) in [6, 6.07) is 3.74. The maximum absolute atomic E-state index is 14.9. The summed E-state index contributed by atoms with van der Waals surface area (Å²) in [7, 11) is 1.34. The van der Waals surface area contributed by atoms with E-state index in [0.29, 0.717) is 0 Å². The Balaban J connectivity index is 1.73. The summed E-state index contributed by atoms with van der Waals surface area (Å²) in [5.41, 5.74) is 2.55. The average Bonchev–Trinajstić information content (AvgIpc) is 3.34. The lowest BCUT2D eigenvalue weighted by molar-refractivity contribution is 0.0747. The molecule has 0 radical (unpaired) electrons. The summed E-state index contributed by atoms with van der Waals surface area (Å²) in [5.74, 6) is -1.79. The molecule has 0 saturated carbocycles. The number of nitrogens with zero attached hydrogens (tertiary/aromatic N) is 3. The number of aromatic nitrogens is 2. The van der Waals surface area contributed by atoms with Crippen molar-refractivity contribution in [2.75, 3.05) is 13.7 Å². The summed E-state index contributed by atoms with van der Waals surface area (Å²) >= 11 is 12.1. The van der Waals surface area contributed by atoms with Gasteiger partial charge in [-0.15, -0.1) is 0 Å². The van der Waals surface area contributed by atoms with E-state index in [1.807, 2.05) is 0 Å². The number of hydrazine groups is 1. The lowest BCUT2D eigenvalue weighted by atomic mass is 10.1. The molecule has 15 heteroatoms. The number of benzene rings is 1. The summed E-state index contributed by atoms with van der Waals surface area (Å²) in [6.45, 7) is 2.00. The van der Waals surface area contributed by atoms with Crippen molar-refractivity contribution in [3.05, 3.63) is 57.8 Å². The molecule has 3 amide bonds. The van der Waals surface area contributed by atoms with E-state index in [4.69, 9.17) is 37.2 Å². The maximum atomic E-state index is 14.9. The average molecular weight is 576 g/mol. The highest BCUT2D eigenvalue weighted by molar-refractivity contribution is 6.36. The second-order valence-electron chi connectivity index (χ2n) is 7.92. The normalized spacial score (nSPS) is 11.0. The van der Waals surface area contributed by atoms with Gasteiger partial charge in [0.15, 0.2) is 0 Å². The van der Waals surface area contributed by atoms with Gasteiger partial charge in [-0.1, -0.05) is 23.2 Å². The first kappa shape index (κ1) is 28.9. The molecule has 0 fully saturated rings. The Morgan fingerprint density at radius 1 is 1.18 bits per heavy atom. The zero-order chi connectivity index (χ0) is 28.0. The van der Waals surface area contributed by atoms with Crippen LogP contribution in [-0.4, -0.2) is 53.3 Å². The number of ether oxygens (including phenoxy) is 2. The van der Waals surface area contributed by atoms with Crippen molar-refractivity contribution in [3.8, 4) is 22.8 Å². The molecule has 38 heavy (non-hydrogen) atoms. The number of halogens is 5. The van der Waals surface area contributed by atoms with Crippen LogP contribution in [0.1, 0.15) is 30.1 Å². The van der Waals surface area contributed by atoms with Gasteiger partial charge in [0.25, 0.3) is 12.3 Å². The zero-order valence-electron chi connectivity index (χ0n) is 20.2. The van der Waals surface area contributed by atoms with Gasteiger partial charge in [-0.2, -0.15) is 0 Å². The number of urea groups is 1. The highest BCUT2D eigenvalue weighted by Gasteiger charge is 2.23. The first-order chi connectivity index (χ1) is 18.0. The number of alkyl halides is 2. The van der Waals surface area contributed by atoms with E-state index >= 15 is 0 Å². The van der Waals surface area contributed by atoms with E-state index in [2.05, 4.69) is 20.9 Å². The van der Waals surface area contributed by atoms with Crippen molar-refractivity contribution in [2.45, 2.75) is 32.9 Å². The second kappa shape index (κ2) is 12.7. The van der Waals surface area contributed by atoms with Gasteiger partial charge in [-0.05, 0) is 37.2 Å². The standard InChI is InChI=1S/C23H22Cl2F3N5O5/c1-11(2)33(31-22(34)18-7-20(36-3)32-38-18)23(35)30-9-17-16(26)4-12(8-29-17)14-5-13(24)6-15(25)21(14)37-10-19(27)28/h4-8,11,19H,9-10H2,1-3H3,(H,30,35)(H,31,34). The number of amides is 3. The molecule has 204 valence electrons. The topological polar surface area (TPSA) is 119 Å². The third kappa shape index (κ3) is 7.19. The van der Waals surface area contributed by atoms with Crippen LogP contribution in [0.2, 0.25) is 10.0 Å². The van der Waals surface area contributed by atoms with Crippen molar-refractivity contribution in [2.24, 2.45) is 0 Å².